The third-order valence-corrected chi connectivity index (χ3v) is 5.15. The van der Waals surface area contributed by atoms with Crippen LogP contribution in [0.5, 0.6) is 11.5 Å². The van der Waals surface area contributed by atoms with Crippen LogP contribution < -0.4 is 14.4 Å². The van der Waals surface area contributed by atoms with Crippen LogP contribution in [0.4, 0.5) is 5.69 Å². The number of piperazine rings is 1. The van der Waals surface area contributed by atoms with E-state index in [2.05, 4.69) is 11.0 Å². The second kappa shape index (κ2) is 9.39. The van der Waals surface area contributed by atoms with Gasteiger partial charge in [0.25, 0.3) is 5.91 Å². The van der Waals surface area contributed by atoms with E-state index in [1.807, 2.05) is 60.4 Å². The average molecular weight is 406 g/mol. The minimum absolute atomic E-state index is 0.0931. The van der Waals surface area contributed by atoms with Gasteiger partial charge in [0.15, 0.2) is 5.76 Å². The lowest BCUT2D eigenvalue weighted by atomic mass is 10.2. The number of ether oxygens (including phenoxy) is 2. The third kappa shape index (κ3) is 4.43. The van der Waals surface area contributed by atoms with Gasteiger partial charge in [0.05, 0.1) is 18.6 Å². The summed E-state index contributed by atoms with van der Waals surface area (Å²) in [5.41, 5.74) is 1.83. The van der Waals surface area contributed by atoms with E-state index in [-0.39, 0.29) is 5.91 Å². The SMILES string of the molecule is CCOc1ccccc1N1CCN(C(=O)c2occc2COc2ccccc2)CC1. The molecule has 0 bridgehead atoms. The van der Waals surface area contributed by atoms with Gasteiger partial charge >= 0.3 is 0 Å². The molecule has 1 aliphatic heterocycles. The highest BCUT2D eigenvalue weighted by Crippen LogP contribution is 2.29. The molecule has 2 aromatic carbocycles. The Hall–Kier alpha value is -3.41. The van der Waals surface area contributed by atoms with Crippen LogP contribution >= 0.6 is 0 Å². The molecule has 3 aromatic rings. The van der Waals surface area contributed by atoms with Crippen molar-refractivity contribution in [2.24, 2.45) is 0 Å². The van der Waals surface area contributed by atoms with E-state index in [9.17, 15) is 4.79 Å². The zero-order chi connectivity index (χ0) is 20.8. The topological polar surface area (TPSA) is 55.2 Å². The number of hydrogen-bond donors (Lipinski definition) is 0. The number of carbonyl (C=O) groups excluding carboxylic acids is 1. The van der Waals surface area contributed by atoms with Crippen LogP contribution in [-0.2, 0) is 6.61 Å². The van der Waals surface area contributed by atoms with Crippen LogP contribution in [-0.4, -0.2) is 43.6 Å². The lowest BCUT2D eigenvalue weighted by molar-refractivity contribution is 0.0711. The average Bonchev–Trinajstić information content (AvgIpc) is 3.27. The second-order valence-corrected chi connectivity index (χ2v) is 7.06. The summed E-state index contributed by atoms with van der Waals surface area (Å²) in [5, 5.41) is 0. The summed E-state index contributed by atoms with van der Waals surface area (Å²) in [6.45, 7) is 5.64. The molecule has 0 atom stereocenters. The minimum atomic E-state index is -0.0931. The highest BCUT2D eigenvalue weighted by molar-refractivity contribution is 5.93. The fraction of sp³-hybridized carbons (Fsp3) is 0.292. The molecule has 0 radical (unpaired) electrons. The molecule has 156 valence electrons. The normalized spacial score (nSPS) is 13.9. The monoisotopic (exact) mass is 406 g/mol. The van der Waals surface area contributed by atoms with Crippen LogP contribution in [0, 0.1) is 0 Å². The third-order valence-electron chi connectivity index (χ3n) is 5.15. The second-order valence-electron chi connectivity index (χ2n) is 7.06. The highest BCUT2D eigenvalue weighted by atomic mass is 16.5. The van der Waals surface area contributed by atoms with E-state index in [0.29, 0.717) is 32.1 Å². The smallest absolute Gasteiger partial charge is 0.290 e. The fourth-order valence-corrected chi connectivity index (χ4v) is 3.60. The summed E-state index contributed by atoms with van der Waals surface area (Å²) in [5.74, 6) is 1.91. The van der Waals surface area contributed by atoms with Crippen molar-refractivity contribution in [2.45, 2.75) is 13.5 Å². The Morgan fingerprint density at radius 1 is 0.933 bits per heavy atom. The van der Waals surface area contributed by atoms with Crippen LogP contribution in [0.25, 0.3) is 0 Å². The molecule has 6 nitrogen and oxygen atoms in total. The first-order valence-corrected chi connectivity index (χ1v) is 10.3. The number of anilines is 1. The predicted octanol–water partition coefficient (Wildman–Crippen LogP) is 4.22. The molecule has 1 aliphatic rings. The van der Waals surface area contributed by atoms with Crippen molar-refractivity contribution in [2.75, 3.05) is 37.7 Å². The number of nitrogens with zero attached hydrogens (tertiary/aromatic N) is 2. The van der Waals surface area contributed by atoms with Crippen molar-refractivity contribution in [3.05, 3.63) is 78.3 Å². The van der Waals surface area contributed by atoms with Crippen molar-refractivity contribution in [3.8, 4) is 11.5 Å². The summed E-state index contributed by atoms with van der Waals surface area (Å²) in [7, 11) is 0. The number of carbonyl (C=O) groups is 1. The van der Waals surface area contributed by atoms with E-state index in [0.717, 1.165) is 35.8 Å². The lowest BCUT2D eigenvalue weighted by Gasteiger charge is -2.36. The maximum Gasteiger partial charge on any atom is 0.290 e. The van der Waals surface area contributed by atoms with Crippen LogP contribution in [0.15, 0.2) is 71.3 Å². The van der Waals surface area contributed by atoms with Crippen LogP contribution in [0.3, 0.4) is 0 Å². The van der Waals surface area contributed by atoms with Crippen molar-refractivity contribution < 1.29 is 18.7 Å². The standard InChI is InChI=1S/C24H26N2O4/c1-2-28-22-11-7-6-10-21(22)25-13-15-26(16-14-25)24(27)23-19(12-17-29-23)18-30-20-8-4-3-5-9-20/h3-12,17H,2,13-16,18H2,1H3. The first-order valence-electron chi connectivity index (χ1n) is 10.3. The molecule has 1 aromatic heterocycles. The van der Waals surface area contributed by atoms with Gasteiger partial charge < -0.3 is 23.7 Å². The summed E-state index contributed by atoms with van der Waals surface area (Å²) in [6.07, 6.45) is 1.55. The predicted molar refractivity (Wildman–Crippen MR) is 115 cm³/mol. The Labute approximate surface area is 176 Å². The van der Waals surface area contributed by atoms with E-state index in [1.54, 1.807) is 12.3 Å². The summed E-state index contributed by atoms with van der Waals surface area (Å²) in [6, 6.07) is 19.4. The Balaban J connectivity index is 1.38. The van der Waals surface area contributed by atoms with E-state index in [1.165, 1.54) is 0 Å². The molecule has 1 fully saturated rings. The molecular weight excluding hydrogens is 380 g/mol. The summed E-state index contributed by atoms with van der Waals surface area (Å²) < 4.78 is 17.1. The number of benzene rings is 2. The molecule has 4 rings (SSSR count). The Bertz CT molecular complexity index is 962. The molecule has 0 aliphatic carbocycles. The molecular formula is C24H26N2O4. The van der Waals surface area contributed by atoms with E-state index < -0.39 is 0 Å². The lowest BCUT2D eigenvalue weighted by Crippen LogP contribution is -2.49. The molecule has 2 heterocycles. The van der Waals surface area contributed by atoms with Gasteiger partial charge in [0.1, 0.15) is 18.1 Å². The Morgan fingerprint density at radius 3 is 2.43 bits per heavy atom. The number of amides is 1. The molecule has 1 amide bonds. The maximum absolute atomic E-state index is 13.0. The summed E-state index contributed by atoms with van der Waals surface area (Å²) in [4.78, 5) is 17.1. The van der Waals surface area contributed by atoms with Crippen molar-refractivity contribution in [1.29, 1.82) is 0 Å². The van der Waals surface area contributed by atoms with Crippen LogP contribution in [0.2, 0.25) is 0 Å². The van der Waals surface area contributed by atoms with Gasteiger partial charge in [-0.3, -0.25) is 4.79 Å². The van der Waals surface area contributed by atoms with Gasteiger partial charge in [-0.15, -0.1) is 0 Å². The van der Waals surface area contributed by atoms with E-state index in [4.69, 9.17) is 13.9 Å². The minimum Gasteiger partial charge on any atom is -0.492 e. The molecule has 0 spiro atoms. The van der Waals surface area contributed by atoms with Crippen LogP contribution in [0.1, 0.15) is 23.0 Å². The van der Waals surface area contributed by atoms with Crippen molar-refractivity contribution in [1.82, 2.24) is 4.90 Å². The van der Waals surface area contributed by atoms with Gasteiger partial charge in [-0.2, -0.15) is 0 Å². The van der Waals surface area contributed by atoms with Gasteiger partial charge in [-0.25, -0.2) is 0 Å². The molecule has 0 saturated carbocycles. The number of rotatable bonds is 7. The molecule has 1 saturated heterocycles. The summed E-state index contributed by atoms with van der Waals surface area (Å²) >= 11 is 0. The maximum atomic E-state index is 13.0. The quantitative estimate of drug-likeness (QED) is 0.588. The van der Waals surface area contributed by atoms with Gasteiger partial charge in [0.2, 0.25) is 0 Å². The van der Waals surface area contributed by atoms with E-state index >= 15 is 0 Å². The molecule has 0 N–H and O–H groups in total. The molecule has 30 heavy (non-hydrogen) atoms. The van der Waals surface area contributed by atoms with Crippen molar-refractivity contribution >= 4 is 11.6 Å². The number of hydrogen-bond acceptors (Lipinski definition) is 5. The molecule has 6 heteroatoms. The number of furan rings is 1. The van der Waals surface area contributed by atoms with Gasteiger partial charge in [-0.05, 0) is 37.3 Å². The number of para-hydroxylation sites is 3. The zero-order valence-corrected chi connectivity index (χ0v) is 17.1. The first kappa shape index (κ1) is 19.9. The van der Waals surface area contributed by atoms with Crippen molar-refractivity contribution in [3.63, 3.8) is 0 Å². The highest BCUT2D eigenvalue weighted by Gasteiger charge is 2.27. The van der Waals surface area contributed by atoms with Gasteiger partial charge in [-0.1, -0.05) is 30.3 Å². The first-order chi connectivity index (χ1) is 14.8. The Kier molecular flexibility index (Phi) is 6.23. The fourth-order valence-electron chi connectivity index (χ4n) is 3.60. The molecule has 0 unspecified atom stereocenters. The zero-order valence-electron chi connectivity index (χ0n) is 17.1. The largest absolute Gasteiger partial charge is 0.492 e. The van der Waals surface area contributed by atoms with Gasteiger partial charge in [0, 0.05) is 31.7 Å². The Morgan fingerprint density at radius 2 is 1.67 bits per heavy atom.